The number of nitrogens with zero attached hydrogens (tertiary/aromatic N) is 1. The van der Waals surface area contributed by atoms with E-state index in [0.717, 1.165) is 5.56 Å². The predicted octanol–water partition coefficient (Wildman–Crippen LogP) is 7.49. The molecule has 0 radical (unpaired) electrons. The van der Waals surface area contributed by atoms with E-state index in [1.807, 2.05) is 77.3 Å². The van der Waals surface area contributed by atoms with Crippen LogP contribution in [0.5, 0.6) is 5.75 Å². The summed E-state index contributed by atoms with van der Waals surface area (Å²) in [4.78, 5) is 39.9. The number of benzene rings is 2. The molecule has 0 spiro atoms. The lowest BCUT2D eigenvalue weighted by Crippen LogP contribution is -2.63. The van der Waals surface area contributed by atoms with Gasteiger partial charge in [-0.15, -0.1) is 0 Å². The first-order valence-corrected chi connectivity index (χ1v) is 21.7. The molecule has 0 bridgehead atoms. The number of Topliss-reactive ketones (excluding diaryl/α,β-unsaturated/α-hetero) is 1. The van der Waals surface area contributed by atoms with Gasteiger partial charge in [0, 0.05) is 12.5 Å². The molecule has 0 aliphatic rings. The fraction of sp³-hybridized carbons (Fsp3) is 0.588. The first-order valence-electron chi connectivity index (χ1n) is 15.9. The van der Waals surface area contributed by atoms with E-state index >= 15 is 0 Å². The molecule has 0 fully saturated rings. The zero-order chi connectivity index (χ0) is 36.0. The number of carbonyl (C=O) groups is 2. The fourth-order valence-electron chi connectivity index (χ4n) is 4.33. The molecule has 1 amide bonds. The first kappa shape index (κ1) is 40.1. The Balaban J connectivity index is 2.83. The Labute approximate surface area is 281 Å². The molecule has 0 saturated heterocycles. The Morgan fingerprint density at radius 2 is 1.49 bits per heavy atom. The van der Waals surface area contributed by atoms with E-state index in [4.69, 9.17) is 18.3 Å². The van der Waals surface area contributed by atoms with Crippen molar-refractivity contribution in [1.29, 1.82) is 0 Å². The standard InChI is InChI=1S/C34H54N2O9Si2/c1-23(21-37)30(44-46(9,10)33(2,3)4)28(35-32(39)43-22-24-16-14-13-15-17-24)31(45-47(11,12)34(5,6)7)29(38)26-19-18-25(42-8)20-27(26)36(40)41/h13-20,23,28,30-31,37H,21-22H2,1-12H3,(H,35,39)/t23-,28+,30-,31-/m1/s1. The van der Waals surface area contributed by atoms with Crippen LogP contribution in [0.4, 0.5) is 10.5 Å². The highest BCUT2D eigenvalue weighted by molar-refractivity contribution is 6.74. The molecule has 11 nitrogen and oxygen atoms in total. The third kappa shape index (κ3) is 10.4. The zero-order valence-electron chi connectivity index (χ0n) is 30.0. The number of aliphatic hydroxyl groups is 1. The molecular formula is C34H54N2O9Si2. The van der Waals surface area contributed by atoms with E-state index in [9.17, 15) is 24.8 Å². The lowest BCUT2D eigenvalue weighted by atomic mass is 9.90. The molecule has 2 N–H and O–H groups in total. The van der Waals surface area contributed by atoms with Crippen LogP contribution in [0.2, 0.25) is 36.3 Å². The van der Waals surface area contributed by atoms with E-state index in [2.05, 4.69) is 26.1 Å². The topological polar surface area (TPSA) is 146 Å². The van der Waals surface area contributed by atoms with Gasteiger partial charge in [0.15, 0.2) is 22.4 Å². The summed E-state index contributed by atoms with van der Waals surface area (Å²) in [5.74, 6) is -1.07. The molecule has 0 unspecified atom stereocenters. The summed E-state index contributed by atoms with van der Waals surface area (Å²) >= 11 is 0. The fourth-order valence-corrected chi connectivity index (χ4v) is 6.99. The second-order valence-electron chi connectivity index (χ2n) is 15.0. The Bertz CT molecular complexity index is 1370. The van der Waals surface area contributed by atoms with Gasteiger partial charge in [0.25, 0.3) is 5.69 Å². The Hall–Kier alpha value is -3.11. The van der Waals surface area contributed by atoms with E-state index < -0.39 is 63.3 Å². The van der Waals surface area contributed by atoms with Gasteiger partial charge < -0.3 is 28.7 Å². The van der Waals surface area contributed by atoms with Gasteiger partial charge in [-0.1, -0.05) is 78.8 Å². The minimum absolute atomic E-state index is 0.0334. The number of ether oxygens (including phenoxy) is 2. The minimum Gasteiger partial charge on any atom is -0.497 e. The molecule has 13 heteroatoms. The smallest absolute Gasteiger partial charge is 0.407 e. The highest BCUT2D eigenvalue weighted by Gasteiger charge is 2.50. The highest BCUT2D eigenvalue weighted by Crippen LogP contribution is 2.41. The lowest BCUT2D eigenvalue weighted by molar-refractivity contribution is -0.385. The van der Waals surface area contributed by atoms with Crippen molar-refractivity contribution in [2.75, 3.05) is 13.7 Å². The number of methoxy groups -OCH3 is 1. The molecule has 262 valence electrons. The summed E-state index contributed by atoms with van der Waals surface area (Å²) < 4.78 is 24.5. The van der Waals surface area contributed by atoms with Crippen LogP contribution < -0.4 is 10.1 Å². The molecule has 2 rings (SSSR count). The van der Waals surface area contributed by atoms with Crippen molar-refractivity contribution in [3.8, 4) is 5.75 Å². The number of rotatable bonds is 15. The molecule has 0 heterocycles. The number of nitro groups is 1. The van der Waals surface area contributed by atoms with Gasteiger partial charge in [-0.25, -0.2) is 4.79 Å². The summed E-state index contributed by atoms with van der Waals surface area (Å²) in [5, 5.41) is 25.0. The van der Waals surface area contributed by atoms with Gasteiger partial charge in [0.1, 0.15) is 18.5 Å². The van der Waals surface area contributed by atoms with Gasteiger partial charge in [-0.05, 0) is 54.0 Å². The van der Waals surface area contributed by atoms with Crippen LogP contribution >= 0.6 is 0 Å². The van der Waals surface area contributed by atoms with Crippen molar-refractivity contribution in [3.63, 3.8) is 0 Å². The van der Waals surface area contributed by atoms with Crippen LogP contribution in [0, 0.1) is 16.0 Å². The van der Waals surface area contributed by atoms with E-state index in [1.54, 1.807) is 6.92 Å². The number of aliphatic hydroxyl groups excluding tert-OH is 1. The Morgan fingerprint density at radius 1 is 0.936 bits per heavy atom. The number of hydrogen-bond donors (Lipinski definition) is 2. The predicted molar refractivity (Wildman–Crippen MR) is 188 cm³/mol. The summed E-state index contributed by atoms with van der Waals surface area (Å²) in [6, 6.07) is 11.9. The van der Waals surface area contributed by atoms with Crippen molar-refractivity contribution >= 4 is 34.2 Å². The molecule has 0 aliphatic heterocycles. The quantitative estimate of drug-likeness (QED) is 0.0840. The maximum absolute atomic E-state index is 14.7. The minimum atomic E-state index is -2.81. The third-order valence-corrected chi connectivity index (χ3v) is 18.3. The van der Waals surface area contributed by atoms with Crippen LogP contribution in [-0.2, 0) is 20.2 Å². The Kier molecular flexibility index (Phi) is 13.5. The van der Waals surface area contributed by atoms with Crippen molar-refractivity contribution in [1.82, 2.24) is 5.32 Å². The molecule has 0 aliphatic carbocycles. The maximum atomic E-state index is 14.7. The number of hydrogen-bond acceptors (Lipinski definition) is 9. The number of ketones is 1. The summed E-state index contributed by atoms with van der Waals surface area (Å²) in [7, 11) is -4.04. The number of amides is 1. The first-order chi connectivity index (χ1) is 21.6. The maximum Gasteiger partial charge on any atom is 0.407 e. The summed E-state index contributed by atoms with van der Waals surface area (Å²) in [5.41, 5.74) is 0.100. The summed E-state index contributed by atoms with van der Waals surface area (Å²) in [6.07, 6.45) is -3.19. The highest BCUT2D eigenvalue weighted by atomic mass is 28.4. The van der Waals surface area contributed by atoms with Gasteiger partial charge in [-0.3, -0.25) is 14.9 Å². The van der Waals surface area contributed by atoms with Crippen molar-refractivity contribution in [3.05, 3.63) is 69.8 Å². The third-order valence-electron chi connectivity index (χ3n) is 9.42. The normalized spacial score (nSPS) is 15.3. The molecule has 0 aromatic heterocycles. The van der Waals surface area contributed by atoms with Gasteiger partial charge in [0.05, 0.1) is 35.8 Å². The molecule has 2 aromatic carbocycles. The lowest BCUT2D eigenvalue weighted by Gasteiger charge is -2.46. The number of carbonyl (C=O) groups excluding carboxylic acids is 2. The molecule has 2 aromatic rings. The van der Waals surface area contributed by atoms with Crippen molar-refractivity contribution in [2.45, 2.75) is 110 Å². The average molecular weight is 691 g/mol. The molecule has 47 heavy (non-hydrogen) atoms. The van der Waals surface area contributed by atoms with Crippen LogP contribution in [0.1, 0.15) is 64.4 Å². The van der Waals surface area contributed by atoms with Crippen molar-refractivity contribution in [2.24, 2.45) is 5.92 Å². The van der Waals surface area contributed by atoms with Crippen molar-refractivity contribution < 1.29 is 37.9 Å². The van der Waals surface area contributed by atoms with Gasteiger partial charge >= 0.3 is 6.09 Å². The van der Waals surface area contributed by atoms with Crippen LogP contribution in [0.25, 0.3) is 0 Å². The van der Waals surface area contributed by atoms with Gasteiger partial charge in [0.2, 0.25) is 0 Å². The van der Waals surface area contributed by atoms with E-state index in [1.165, 1.54) is 25.3 Å². The second kappa shape index (κ2) is 15.9. The van der Waals surface area contributed by atoms with Crippen LogP contribution in [0.3, 0.4) is 0 Å². The number of nitrogens with one attached hydrogen (secondary N) is 1. The molecular weight excluding hydrogens is 637 g/mol. The Morgan fingerprint density at radius 3 is 1.98 bits per heavy atom. The van der Waals surface area contributed by atoms with E-state index in [-0.39, 0.29) is 34.6 Å². The van der Waals surface area contributed by atoms with Crippen LogP contribution in [0.15, 0.2) is 48.5 Å². The van der Waals surface area contributed by atoms with Crippen LogP contribution in [-0.4, -0.2) is 70.5 Å². The summed E-state index contributed by atoms with van der Waals surface area (Å²) in [6.45, 7) is 21.6. The van der Waals surface area contributed by atoms with E-state index in [0.29, 0.717) is 0 Å². The molecule has 0 saturated carbocycles. The average Bonchev–Trinajstić information content (AvgIpc) is 2.98. The SMILES string of the molecule is COc1ccc(C(=O)[C@H](O[Si](C)(C)C(C)(C)C)[C@@H](NC(=O)OCc2ccccc2)[C@H](O[Si](C)(C)C(C)(C)C)[C@H](C)CO)c([N+](=O)[O-])c1. The zero-order valence-corrected chi connectivity index (χ0v) is 32.0. The monoisotopic (exact) mass is 690 g/mol. The van der Waals surface area contributed by atoms with Gasteiger partial charge in [-0.2, -0.15) is 0 Å². The number of alkyl carbamates (subject to hydrolysis) is 1. The second-order valence-corrected chi connectivity index (χ2v) is 24.6. The molecule has 4 atom stereocenters. The number of nitro benzene ring substituents is 1. The largest absolute Gasteiger partial charge is 0.497 e.